The number of carbonyl (C=O) groups is 1. The fourth-order valence-corrected chi connectivity index (χ4v) is 3.51. The minimum atomic E-state index is -4.73. The Bertz CT molecular complexity index is 843. The molecule has 0 aliphatic rings. The molecule has 0 saturated heterocycles. The second-order valence-electron chi connectivity index (χ2n) is 4.93. The molecule has 0 atom stereocenters. The first-order chi connectivity index (χ1) is 11.9. The molecule has 4 nitrogen and oxygen atoms in total. The van der Waals surface area contributed by atoms with Gasteiger partial charge in [-0.3, -0.25) is 4.79 Å². The molecule has 130 valence electrons. The third-order valence-corrected chi connectivity index (χ3v) is 4.70. The van der Waals surface area contributed by atoms with Crippen LogP contribution in [-0.2, 0) is 11.2 Å². The van der Waals surface area contributed by atoms with E-state index in [1.165, 1.54) is 35.6 Å². The summed E-state index contributed by atoms with van der Waals surface area (Å²) in [6.07, 6.45) is -4.70. The fraction of sp³-hybridized carbons (Fsp3) is 0.125. The van der Waals surface area contributed by atoms with Gasteiger partial charge < -0.3 is 10.1 Å². The number of carbonyl (C=O) groups excluding carboxylic acids is 1. The number of nitrogens with one attached hydrogen (secondary N) is 1. The molecular weight excluding hydrogens is 373 g/mol. The van der Waals surface area contributed by atoms with Crippen LogP contribution in [0.5, 0.6) is 5.75 Å². The average molecular weight is 384 g/mol. The molecule has 0 aliphatic heterocycles. The van der Waals surface area contributed by atoms with Crippen molar-refractivity contribution < 1.29 is 22.7 Å². The van der Waals surface area contributed by atoms with Crippen LogP contribution in [0.15, 0.2) is 47.2 Å². The summed E-state index contributed by atoms with van der Waals surface area (Å²) in [6, 6.07) is 9.04. The van der Waals surface area contributed by atoms with Gasteiger partial charge in [0, 0.05) is 5.38 Å². The van der Waals surface area contributed by atoms with Gasteiger partial charge in [-0.05, 0) is 29.1 Å². The zero-order chi connectivity index (χ0) is 17.9. The van der Waals surface area contributed by atoms with Crippen molar-refractivity contribution in [1.29, 1.82) is 0 Å². The highest BCUT2D eigenvalue weighted by Crippen LogP contribution is 2.28. The Morgan fingerprint density at radius 3 is 2.56 bits per heavy atom. The molecule has 0 aliphatic carbocycles. The van der Waals surface area contributed by atoms with Gasteiger partial charge in [0.05, 0.1) is 17.0 Å². The molecule has 25 heavy (non-hydrogen) atoms. The molecule has 0 fully saturated rings. The third kappa shape index (κ3) is 5.04. The molecule has 3 aromatic rings. The number of benzene rings is 1. The highest BCUT2D eigenvalue weighted by atomic mass is 32.1. The van der Waals surface area contributed by atoms with Gasteiger partial charge in [-0.2, -0.15) is 0 Å². The van der Waals surface area contributed by atoms with Gasteiger partial charge >= 0.3 is 6.36 Å². The summed E-state index contributed by atoms with van der Waals surface area (Å²) in [7, 11) is 0. The topological polar surface area (TPSA) is 51.2 Å². The van der Waals surface area contributed by atoms with E-state index in [-0.39, 0.29) is 18.1 Å². The quantitative estimate of drug-likeness (QED) is 0.677. The lowest BCUT2D eigenvalue weighted by Gasteiger charge is -2.09. The van der Waals surface area contributed by atoms with E-state index < -0.39 is 6.36 Å². The molecule has 3 rings (SSSR count). The molecule has 1 aromatic carbocycles. The first-order valence-corrected chi connectivity index (χ1v) is 8.79. The second kappa shape index (κ2) is 7.24. The lowest BCUT2D eigenvalue weighted by atomic mass is 10.1. The molecule has 2 heterocycles. The van der Waals surface area contributed by atoms with Crippen molar-refractivity contribution in [2.75, 3.05) is 5.32 Å². The predicted molar refractivity (Wildman–Crippen MR) is 90.9 cm³/mol. The molecule has 0 spiro atoms. The number of aromatic nitrogens is 1. The smallest absolute Gasteiger partial charge is 0.406 e. The van der Waals surface area contributed by atoms with Crippen LogP contribution in [0.3, 0.4) is 0 Å². The zero-order valence-electron chi connectivity index (χ0n) is 12.5. The van der Waals surface area contributed by atoms with E-state index in [1.54, 1.807) is 11.3 Å². The minimum absolute atomic E-state index is 0.0280. The van der Waals surface area contributed by atoms with Crippen LogP contribution in [0.1, 0.15) is 5.56 Å². The summed E-state index contributed by atoms with van der Waals surface area (Å²) in [5, 5.41) is 6.96. The lowest BCUT2D eigenvalue weighted by Crippen LogP contribution is -2.17. The van der Waals surface area contributed by atoms with E-state index in [1.807, 2.05) is 22.9 Å². The average Bonchev–Trinajstić information content (AvgIpc) is 3.18. The molecule has 1 N–H and O–H groups in total. The summed E-state index contributed by atoms with van der Waals surface area (Å²) in [5.74, 6) is -0.617. The summed E-state index contributed by atoms with van der Waals surface area (Å²) < 4.78 is 40.1. The van der Waals surface area contributed by atoms with E-state index in [2.05, 4.69) is 15.0 Å². The predicted octanol–water partition coefficient (Wildman–Crippen LogP) is 4.95. The van der Waals surface area contributed by atoms with Crippen LogP contribution >= 0.6 is 22.7 Å². The number of thiophene rings is 1. The monoisotopic (exact) mass is 384 g/mol. The molecule has 9 heteroatoms. The molecule has 0 saturated carbocycles. The van der Waals surface area contributed by atoms with Gasteiger partial charge in [0.1, 0.15) is 5.75 Å². The van der Waals surface area contributed by atoms with E-state index >= 15 is 0 Å². The van der Waals surface area contributed by atoms with Crippen molar-refractivity contribution in [1.82, 2.24) is 4.98 Å². The maximum Gasteiger partial charge on any atom is 0.573 e. The second-order valence-corrected chi connectivity index (χ2v) is 6.74. The zero-order valence-corrected chi connectivity index (χ0v) is 14.2. The third-order valence-electron chi connectivity index (χ3n) is 3.05. The number of thiazole rings is 1. The van der Waals surface area contributed by atoms with Crippen LogP contribution in [-0.4, -0.2) is 17.3 Å². The first kappa shape index (κ1) is 17.4. The largest absolute Gasteiger partial charge is 0.573 e. The van der Waals surface area contributed by atoms with Crippen LogP contribution in [0.25, 0.3) is 10.6 Å². The normalized spacial score (nSPS) is 11.3. The number of rotatable bonds is 5. The van der Waals surface area contributed by atoms with E-state index in [4.69, 9.17) is 0 Å². The van der Waals surface area contributed by atoms with Gasteiger partial charge in [-0.25, -0.2) is 4.98 Å². The highest BCUT2D eigenvalue weighted by molar-refractivity contribution is 7.16. The van der Waals surface area contributed by atoms with Crippen molar-refractivity contribution in [2.45, 2.75) is 12.8 Å². The fourth-order valence-electron chi connectivity index (χ4n) is 2.03. The van der Waals surface area contributed by atoms with Gasteiger partial charge in [0.15, 0.2) is 5.13 Å². The molecular formula is C16H11F3N2O2S2. The highest BCUT2D eigenvalue weighted by Gasteiger charge is 2.30. The lowest BCUT2D eigenvalue weighted by molar-refractivity contribution is -0.274. The van der Waals surface area contributed by atoms with Crippen LogP contribution in [0, 0.1) is 0 Å². The number of hydrogen-bond donors (Lipinski definition) is 1. The number of nitrogens with zero attached hydrogens (tertiary/aromatic N) is 1. The van der Waals surface area contributed by atoms with E-state index in [9.17, 15) is 18.0 Å². The van der Waals surface area contributed by atoms with E-state index in [0.29, 0.717) is 10.7 Å². The number of amides is 1. The Kier molecular flexibility index (Phi) is 5.05. The molecule has 0 radical (unpaired) electrons. The Labute approximate surface area is 148 Å². The summed E-state index contributed by atoms with van der Waals surface area (Å²) in [6.45, 7) is 0. The van der Waals surface area contributed by atoms with Gasteiger partial charge in [0.25, 0.3) is 0 Å². The van der Waals surface area contributed by atoms with Gasteiger partial charge in [-0.1, -0.05) is 18.2 Å². The standard InChI is InChI=1S/C16H11F3N2O2S2/c17-16(18,19)23-11-5-3-10(4-6-11)8-14(22)21-15-20-12(9-25-15)13-2-1-7-24-13/h1-7,9H,8H2,(H,20,21,22). The van der Waals surface area contributed by atoms with Crippen molar-refractivity contribution in [3.8, 4) is 16.3 Å². The van der Waals surface area contributed by atoms with Crippen molar-refractivity contribution >= 4 is 33.7 Å². The molecule has 2 aromatic heterocycles. The molecule has 1 amide bonds. The Morgan fingerprint density at radius 1 is 1.16 bits per heavy atom. The summed E-state index contributed by atoms with van der Waals surface area (Å²) >= 11 is 2.87. The maximum absolute atomic E-state index is 12.1. The molecule has 0 bridgehead atoms. The number of ether oxygens (including phenoxy) is 1. The number of halogens is 3. The van der Waals surface area contributed by atoms with Gasteiger partial charge in [0.2, 0.25) is 5.91 Å². The number of hydrogen-bond acceptors (Lipinski definition) is 5. The van der Waals surface area contributed by atoms with Crippen LogP contribution in [0.2, 0.25) is 0 Å². The van der Waals surface area contributed by atoms with Crippen LogP contribution < -0.4 is 10.1 Å². The van der Waals surface area contributed by atoms with Crippen molar-refractivity contribution in [3.63, 3.8) is 0 Å². The Hall–Kier alpha value is -2.39. The Morgan fingerprint density at radius 2 is 1.92 bits per heavy atom. The van der Waals surface area contributed by atoms with Crippen molar-refractivity contribution in [2.24, 2.45) is 0 Å². The first-order valence-electron chi connectivity index (χ1n) is 7.03. The van der Waals surface area contributed by atoms with Gasteiger partial charge in [-0.15, -0.1) is 35.8 Å². The maximum atomic E-state index is 12.1. The molecule has 0 unspecified atom stereocenters. The number of anilines is 1. The summed E-state index contributed by atoms with van der Waals surface area (Å²) in [5.41, 5.74) is 1.37. The number of alkyl halides is 3. The summed E-state index contributed by atoms with van der Waals surface area (Å²) in [4.78, 5) is 17.4. The Balaban J connectivity index is 1.57. The van der Waals surface area contributed by atoms with E-state index in [0.717, 1.165) is 10.6 Å². The minimum Gasteiger partial charge on any atom is -0.406 e. The SMILES string of the molecule is O=C(Cc1ccc(OC(F)(F)F)cc1)Nc1nc(-c2cccs2)cs1. The van der Waals surface area contributed by atoms with Crippen molar-refractivity contribution in [3.05, 3.63) is 52.7 Å². The van der Waals surface area contributed by atoms with Crippen LogP contribution in [0.4, 0.5) is 18.3 Å².